The Labute approximate surface area is 194 Å². The van der Waals surface area contributed by atoms with Gasteiger partial charge < -0.3 is 10.6 Å². The minimum Gasteiger partial charge on any atom is -0.348 e. The van der Waals surface area contributed by atoms with Crippen LogP contribution in [0.2, 0.25) is 0 Å². The summed E-state index contributed by atoms with van der Waals surface area (Å²) in [6.07, 6.45) is 3.03. The number of hydrogen-bond donors (Lipinski definition) is 3. The van der Waals surface area contributed by atoms with E-state index in [1.54, 1.807) is 24.3 Å². The number of pyridine rings is 1. The number of carbonyl (C=O) groups excluding carboxylic acids is 2. The van der Waals surface area contributed by atoms with E-state index in [0.717, 1.165) is 18.9 Å². The smallest absolute Gasteiger partial charge is 0.276 e. The summed E-state index contributed by atoms with van der Waals surface area (Å²) in [5.41, 5.74) is 1.78. The molecule has 0 radical (unpaired) electrons. The molecule has 0 aliphatic rings. The summed E-state index contributed by atoms with van der Waals surface area (Å²) in [7, 11) is 0. The lowest BCUT2D eigenvalue weighted by Gasteiger charge is -2.14. The molecule has 0 saturated carbocycles. The molecule has 0 atom stereocenters. The maximum absolute atomic E-state index is 14.2. The summed E-state index contributed by atoms with van der Waals surface area (Å²) in [6, 6.07) is 12.0. The summed E-state index contributed by atoms with van der Waals surface area (Å²) < 4.78 is 27.9. The van der Waals surface area contributed by atoms with Crippen LogP contribution in [-0.2, 0) is 0 Å². The van der Waals surface area contributed by atoms with Gasteiger partial charge in [-0.05, 0) is 48.7 Å². The summed E-state index contributed by atoms with van der Waals surface area (Å²) in [6.45, 7) is 3.99. The molecule has 0 unspecified atom stereocenters. The minimum atomic E-state index is -0.962. The van der Waals surface area contributed by atoms with Gasteiger partial charge in [0.15, 0.2) is 17.3 Å². The second kappa shape index (κ2) is 9.78. The number of H-pyrrole nitrogens is 1. The maximum Gasteiger partial charge on any atom is 0.276 e. The highest BCUT2D eigenvalue weighted by Crippen LogP contribution is 2.28. The van der Waals surface area contributed by atoms with E-state index in [-0.39, 0.29) is 28.9 Å². The normalized spacial score (nSPS) is 11.1. The molecule has 2 heterocycles. The SMILES string of the molecule is CCC(CC)NC(=O)c1ccc(NC(=O)c2n[nH]c3ccc(-c4cccc(F)c4F)cc23)cn1. The number of halogens is 2. The van der Waals surface area contributed by atoms with Gasteiger partial charge in [-0.3, -0.25) is 14.7 Å². The molecule has 7 nitrogen and oxygen atoms in total. The molecule has 9 heteroatoms. The first kappa shape index (κ1) is 23.0. The number of amides is 2. The van der Waals surface area contributed by atoms with Crippen LogP contribution < -0.4 is 10.6 Å². The molecule has 174 valence electrons. The van der Waals surface area contributed by atoms with Crippen molar-refractivity contribution in [1.82, 2.24) is 20.5 Å². The molecule has 0 saturated heterocycles. The quantitative estimate of drug-likeness (QED) is 0.356. The highest BCUT2D eigenvalue weighted by molar-refractivity contribution is 6.11. The second-order valence-electron chi connectivity index (χ2n) is 7.81. The minimum absolute atomic E-state index is 0.0763. The van der Waals surface area contributed by atoms with E-state index in [4.69, 9.17) is 0 Å². The molecular weight excluding hydrogens is 440 g/mol. The zero-order valence-corrected chi connectivity index (χ0v) is 18.7. The van der Waals surface area contributed by atoms with Gasteiger partial charge in [0.25, 0.3) is 11.8 Å². The summed E-state index contributed by atoms with van der Waals surface area (Å²) in [5, 5.41) is 12.9. The first-order valence-corrected chi connectivity index (χ1v) is 10.9. The van der Waals surface area contributed by atoms with Gasteiger partial charge >= 0.3 is 0 Å². The second-order valence-corrected chi connectivity index (χ2v) is 7.81. The molecule has 2 amide bonds. The highest BCUT2D eigenvalue weighted by Gasteiger charge is 2.18. The maximum atomic E-state index is 14.2. The van der Waals surface area contributed by atoms with Gasteiger partial charge in [0.1, 0.15) is 5.69 Å². The zero-order chi connectivity index (χ0) is 24.2. The van der Waals surface area contributed by atoms with E-state index in [2.05, 4.69) is 25.8 Å². The molecule has 2 aromatic carbocycles. The van der Waals surface area contributed by atoms with Crippen LogP contribution in [0.5, 0.6) is 0 Å². The Morgan fingerprint density at radius 1 is 1.03 bits per heavy atom. The van der Waals surface area contributed by atoms with Gasteiger partial charge in [-0.2, -0.15) is 5.10 Å². The Morgan fingerprint density at radius 2 is 1.82 bits per heavy atom. The number of hydrogen-bond acceptors (Lipinski definition) is 4. The largest absolute Gasteiger partial charge is 0.348 e. The van der Waals surface area contributed by atoms with E-state index < -0.39 is 17.5 Å². The van der Waals surface area contributed by atoms with Crippen molar-refractivity contribution in [2.75, 3.05) is 5.32 Å². The van der Waals surface area contributed by atoms with Crippen LogP contribution in [0.4, 0.5) is 14.5 Å². The van der Waals surface area contributed by atoms with Crippen LogP contribution >= 0.6 is 0 Å². The Kier molecular flexibility index (Phi) is 6.62. The van der Waals surface area contributed by atoms with Crippen LogP contribution in [0.15, 0.2) is 54.7 Å². The Morgan fingerprint density at radius 3 is 2.53 bits per heavy atom. The molecule has 3 N–H and O–H groups in total. The third-order valence-electron chi connectivity index (χ3n) is 5.62. The van der Waals surface area contributed by atoms with Crippen LogP contribution in [-0.4, -0.2) is 33.0 Å². The number of fused-ring (bicyclic) bond motifs is 1. The van der Waals surface area contributed by atoms with Crippen LogP contribution in [0, 0.1) is 11.6 Å². The van der Waals surface area contributed by atoms with Crippen molar-refractivity contribution in [1.29, 1.82) is 0 Å². The van der Waals surface area contributed by atoms with Crippen molar-refractivity contribution in [3.05, 3.63) is 77.8 Å². The van der Waals surface area contributed by atoms with Gasteiger partial charge in [-0.15, -0.1) is 0 Å². The molecule has 4 rings (SSSR count). The number of nitrogens with zero attached hydrogens (tertiary/aromatic N) is 2. The predicted octanol–water partition coefficient (Wildman–Crippen LogP) is 5.07. The number of aromatic nitrogens is 3. The number of rotatable bonds is 7. The summed E-state index contributed by atoms with van der Waals surface area (Å²) in [5.74, 6) is -2.70. The fourth-order valence-corrected chi connectivity index (χ4v) is 3.63. The molecular formula is C25H23F2N5O2. The van der Waals surface area contributed by atoms with Crippen molar-refractivity contribution in [2.24, 2.45) is 0 Å². The average molecular weight is 463 g/mol. The van der Waals surface area contributed by atoms with E-state index in [9.17, 15) is 18.4 Å². The molecule has 0 aliphatic carbocycles. The van der Waals surface area contributed by atoms with Crippen molar-refractivity contribution < 1.29 is 18.4 Å². The fourth-order valence-electron chi connectivity index (χ4n) is 3.63. The van der Waals surface area contributed by atoms with E-state index in [1.165, 1.54) is 24.4 Å². The van der Waals surface area contributed by atoms with Crippen LogP contribution in [0.25, 0.3) is 22.0 Å². The molecule has 0 bridgehead atoms. The van der Waals surface area contributed by atoms with Gasteiger partial charge in [0.05, 0.1) is 17.4 Å². The van der Waals surface area contributed by atoms with Crippen molar-refractivity contribution in [3.63, 3.8) is 0 Å². The Hall–Kier alpha value is -4.14. The summed E-state index contributed by atoms with van der Waals surface area (Å²) >= 11 is 0. The monoisotopic (exact) mass is 463 g/mol. The van der Waals surface area contributed by atoms with Crippen LogP contribution in [0.1, 0.15) is 47.7 Å². The van der Waals surface area contributed by atoms with Crippen LogP contribution in [0.3, 0.4) is 0 Å². The lowest BCUT2D eigenvalue weighted by atomic mass is 10.0. The van der Waals surface area contributed by atoms with Gasteiger partial charge in [0.2, 0.25) is 0 Å². The van der Waals surface area contributed by atoms with E-state index >= 15 is 0 Å². The lowest BCUT2D eigenvalue weighted by Crippen LogP contribution is -2.34. The first-order chi connectivity index (χ1) is 16.4. The van der Waals surface area contributed by atoms with E-state index in [0.29, 0.717) is 22.2 Å². The number of nitrogens with one attached hydrogen (secondary N) is 3. The van der Waals surface area contributed by atoms with Crippen molar-refractivity contribution in [2.45, 2.75) is 32.7 Å². The Bertz CT molecular complexity index is 1350. The topological polar surface area (TPSA) is 99.8 Å². The van der Waals surface area contributed by atoms with Gasteiger partial charge in [-0.25, -0.2) is 13.8 Å². The van der Waals surface area contributed by atoms with Crippen molar-refractivity contribution >= 4 is 28.4 Å². The summed E-state index contributed by atoms with van der Waals surface area (Å²) in [4.78, 5) is 29.3. The average Bonchev–Trinajstić information content (AvgIpc) is 3.28. The number of aromatic amines is 1. The Balaban J connectivity index is 1.54. The molecule has 4 aromatic rings. The molecule has 0 aliphatic heterocycles. The number of anilines is 1. The lowest BCUT2D eigenvalue weighted by molar-refractivity contribution is 0.0929. The third-order valence-corrected chi connectivity index (χ3v) is 5.62. The number of carbonyl (C=O) groups is 2. The molecule has 34 heavy (non-hydrogen) atoms. The van der Waals surface area contributed by atoms with Gasteiger partial charge in [-0.1, -0.05) is 32.0 Å². The first-order valence-electron chi connectivity index (χ1n) is 10.9. The fraction of sp³-hybridized carbons (Fsp3) is 0.200. The van der Waals surface area contributed by atoms with E-state index in [1.807, 2.05) is 13.8 Å². The van der Waals surface area contributed by atoms with Gasteiger partial charge in [0, 0.05) is 17.0 Å². The zero-order valence-electron chi connectivity index (χ0n) is 18.7. The standard InChI is InChI=1S/C25H23F2N5O2/c1-3-15(4-2)29-24(33)21-11-9-16(13-28-21)30-25(34)23-18-12-14(8-10-20(18)31-32-23)17-6-5-7-19(26)22(17)27/h5-13,15H,3-4H2,1-2H3,(H,29,33)(H,30,34)(H,31,32). The highest BCUT2D eigenvalue weighted by atomic mass is 19.2. The molecule has 0 spiro atoms. The van der Waals surface area contributed by atoms with Crippen molar-refractivity contribution in [3.8, 4) is 11.1 Å². The number of benzene rings is 2. The predicted molar refractivity (Wildman–Crippen MR) is 125 cm³/mol. The third kappa shape index (κ3) is 4.63. The molecule has 0 fully saturated rings. The molecule has 2 aromatic heterocycles.